The van der Waals surface area contributed by atoms with Crippen LogP contribution in [0.25, 0.3) is 11.1 Å². The highest BCUT2D eigenvalue weighted by Crippen LogP contribution is 2.47. The van der Waals surface area contributed by atoms with Gasteiger partial charge in [-0.1, -0.05) is 54.6 Å². The summed E-state index contributed by atoms with van der Waals surface area (Å²) >= 11 is 0. The number of hydrogen-bond acceptors (Lipinski definition) is 4. The Hall–Kier alpha value is -4.65. The zero-order valence-electron chi connectivity index (χ0n) is 22.5. The number of carbonyl (C=O) groups excluding carboxylic acids is 2. The van der Waals surface area contributed by atoms with Gasteiger partial charge in [-0.15, -0.1) is 0 Å². The van der Waals surface area contributed by atoms with Gasteiger partial charge in [0.25, 0.3) is 0 Å². The van der Waals surface area contributed by atoms with Crippen molar-refractivity contribution < 1.29 is 14.3 Å². The average Bonchev–Trinajstić information content (AvgIpc) is 3.82. The third kappa shape index (κ3) is 5.41. The second kappa shape index (κ2) is 11.2. The molecule has 1 aliphatic carbocycles. The molecule has 1 aromatic heterocycles. The third-order valence-electron chi connectivity index (χ3n) is 7.92. The molecule has 6 rings (SSSR count). The van der Waals surface area contributed by atoms with Crippen molar-refractivity contribution >= 4 is 17.6 Å². The summed E-state index contributed by atoms with van der Waals surface area (Å²) in [7, 11) is 1.67. The fourth-order valence-corrected chi connectivity index (χ4v) is 5.65. The van der Waals surface area contributed by atoms with Crippen LogP contribution in [-0.4, -0.2) is 35.5 Å². The number of hydrogen-bond donors (Lipinski definition) is 2. The summed E-state index contributed by atoms with van der Waals surface area (Å²) in [6.45, 7) is 1.49. The largest absolute Gasteiger partial charge is 0.497 e. The van der Waals surface area contributed by atoms with Crippen molar-refractivity contribution in [1.29, 1.82) is 0 Å². The minimum Gasteiger partial charge on any atom is -0.497 e. The van der Waals surface area contributed by atoms with Crippen LogP contribution in [0.5, 0.6) is 5.75 Å². The van der Waals surface area contributed by atoms with Gasteiger partial charge in [0.1, 0.15) is 5.75 Å². The fraction of sp³-hybridized carbons (Fsp3) is 0.242. The number of fused-ring (bicyclic) bond motifs is 1. The Balaban J connectivity index is 1.24. The van der Waals surface area contributed by atoms with Gasteiger partial charge in [-0.05, 0) is 76.4 Å². The molecule has 3 amide bonds. The third-order valence-corrected chi connectivity index (χ3v) is 7.92. The molecule has 3 aromatic carbocycles. The second-order valence-electron chi connectivity index (χ2n) is 10.4. The number of ether oxygens (including phenoxy) is 1. The van der Waals surface area contributed by atoms with Crippen molar-refractivity contribution in [2.24, 2.45) is 5.92 Å². The first kappa shape index (κ1) is 25.6. The standard InChI is InChI=1S/C33H32N4O3/c1-40-26-9-5-8-23(18-26)27-11-10-24(20-35-32(38)30-19-29(30)22-6-3-2-4-7-22)31-21-37(17-14-28(27)31)33(39)36-25-12-15-34-16-13-25/h2-13,15-16,18,29-30H,14,17,19-21H2,1H3,(H,35,38)(H,34,36,39). The summed E-state index contributed by atoms with van der Waals surface area (Å²) in [5.74, 6) is 1.19. The second-order valence-corrected chi connectivity index (χ2v) is 10.4. The van der Waals surface area contributed by atoms with E-state index in [-0.39, 0.29) is 23.8 Å². The number of rotatable bonds is 7. The SMILES string of the molecule is COc1cccc(-c2ccc(CNC(=O)C3CC3c3ccccc3)c3c2CCN(C(=O)Nc2ccncc2)C3)c1. The summed E-state index contributed by atoms with van der Waals surface area (Å²) in [5, 5.41) is 6.17. The van der Waals surface area contributed by atoms with E-state index in [1.165, 1.54) is 11.1 Å². The maximum absolute atomic E-state index is 13.2. The fourth-order valence-electron chi connectivity index (χ4n) is 5.65. The van der Waals surface area contributed by atoms with Crippen LogP contribution in [0, 0.1) is 5.92 Å². The number of pyridine rings is 1. The lowest BCUT2D eigenvalue weighted by atomic mass is 9.87. The van der Waals surface area contributed by atoms with Crippen LogP contribution in [0.15, 0.2) is 91.3 Å². The van der Waals surface area contributed by atoms with Gasteiger partial charge in [0, 0.05) is 43.6 Å². The summed E-state index contributed by atoms with van der Waals surface area (Å²) in [4.78, 5) is 32.1. The van der Waals surface area contributed by atoms with Crippen LogP contribution in [-0.2, 0) is 24.3 Å². The molecule has 2 atom stereocenters. The van der Waals surface area contributed by atoms with Crippen LogP contribution >= 0.6 is 0 Å². The predicted octanol–water partition coefficient (Wildman–Crippen LogP) is 5.77. The van der Waals surface area contributed by atoms with Crippen molar-refractivity contribution in [2.75, 3.05) is 19.0 Å². The van der Waals surface area contributed by atoms with E-state index in [0.717, 1.165) is 34.4 Å². The lowest BCUT2D eigenvalue weighted by Gasteiger charge is -2.32. The van der Waals surface area contributed by atoms with Gasteiger partial charge in [-0.25, -0.2) is 4.79 Å². The first-order chi connectivity index (χ1) is 19.6. The van der Waals surface area contributed by atoms with Crippen molar-refractivity contribution in [3.05, 3.63) is 114 Å². The molecule has 40 heavy (non-hydrogen) atoms. The number of urea groups is 1. The topological polar surface area (TPSA) is 83.6 Å². The maximum Gasteiger partial charge on any atom is 0.322 e. The minimum atomic E-state index is -0.151. The molecule has 7 nitrogen and oxygen atoms in total. The number of methoxy groups -OCH3 is 1. The molecule has 2 heterocycles. The lowest BCUT2D eigenvalue weighted by Crippen LogP contribution is -2.39. The molecular weight excluding hydrogens is 500 g/mol. The van der Waals surface area contributed by atoms with Crippen LogP contribution in [0.3, 0.4) is 0 Å². The molecule has 0 saturated heterocycles. The summed E-state index contributed by atoms with van der Waals surface area (Å²) in [5.41, 5.74) is 7.47. The van der Waals surface area contributed by atoms with E-state index in [0.29, 0.717) is 31.7 Å². The molecule has 4 aromatic rings. The highest BCUT2D eigenvalue weighted by atomic mass is 16.5. The molecule has 1 fully saturated rings. The van der Waals surface area contributed by atoms with E-state index >= 15 is 0 Å². The molecule has 7 heteroatoms. The van der Waals surface area contributed by atoms with Gasteiger partial charge in [-0.2, -0.15) is 0 Å². The molecule has 2 unspecified atom stereocenters. The Bertz CT molecular complexity index is 1520. The van der Waals surface area contributed by atoms with Crippen LogP contribution in [0.1, 0.15) is 34.6 Å². The number of anilines is 1. The van der Waals surface area contributed by atoms with Gasteiger partial charge < -0.3 is 20.3 Å². The van der Waals surface area contributed by atoms with E-state index in [4.69, 9.17) is 4.74 Å². The molecule has 1 aliphatic heterocycles. The van der Waals surface area contributed by atoms with E-state index in [9.17, 15) is 9.59 Å². The highest BCUT2D eigenvalue weighted by Gasteiger charge is 2.43. The maximum atomic E-state index is 13.2. The lowest BCUT2D eigenvalue weighted by molar-refractivity contribution is -0.122. The number of nitrogens with zero attached hydrogens (tertiary/aromatic N) is 2. The number of nitrogens with one attached hydrogen (secondary N) is 2. The molecule has 0 bridgehead atoms. The van der Waals surface area contributed by atoms with Crippen molar-refractivity contribution in [3.8, 4) is 16.9 Å². The van der Waals surface area contributed by atoms with Gasteiger partial charge in [0.15, 0.2) is 0 Å². The monoisotopic (exact) mass is 532 g/mol. The van der Waals surface area contributed by atoms with Gasteiger partial charge >= 0.3 is 6.03 Å². The molecule has 2 N–H and O–H groups in total. The number of amides is 3. The van der Waals surface area contributed by atoms with E-state index in [1.807, 2.05) is 41.3 Å². The quantitative estimate of drug-likeness (QED) is 0.317. The highest BCUT2D eigenvalue weighted by molar-refractivity contribution is 5.89. The van der Waals surface area contributed by atoms with Crippen molar-refractivity contribution in [3.63, 3.8) is 0 Å². The Morgan fingerprint density at radius 1 is 0.975 bits per heavy atom. The Labute approximate surface area is 234 Å². The van der Waals surface area contributed by atoms with Gasteiger partial charge in [-0.3, -0.25) is 9.78 Å². The molecular formula is C33H32N4O3. The average molecular weight is 533 g/mol. The zero-order valence-corrected chi connectivity index (χ0v) is 22.5. The molecule has 202 valence electrons. The first-order valence-electron chi connectivity index (χ1n) is 13.7. The first-order valence-corrected chi connectivity index (χ1v) is 13.7. The number of aromatic nitrogens is 1. The molecule has 1 saturated carbocycles. The van der Waals surface area contributed by atoms with Crippen LogP contribution in [0.2, 0.25) is 0 Å². The summed E-state index contributed by atoms with van der Waals surface area (Å²) in [6.07, 6.45) is 4.91. The van der Waals surface area contributed by atoms with E-state index in [1.54, 1.807) is 31.6 Å². The normalized spacial score (nSPS) is 17.5. The number of carbonyl (C=O) groups is 2. The smallest absolute Gasteiger partial charge is 0.322 e. The van der Waals surface area contributed by atoms with Crippen LogP contribution < -0.4 is 15.4 Å². The van der Waals surface area contributed by atoms with Crippen molar-refractivity contribution in [1.82, 2.24) is 15.2 Å². The Morgan fingerprint density at radius 3 is 2.60 bits per heavy atom. The summed E-state index contributed by atoms with van der Waals surface area (Å²) < 4.78 is 5.47. The Kier molecular flexibility index (Phi) is 7.19. The predicted molar refractivity (Wildman–Crippen MR) is 155 cm³/mol. The Morgan fingerprint density at radius 2 is 1.80 bits per heavy atom. The molecule has 0 spiro atoms. The number of benzene rings is 3. The summed E-state index contributed by atoms with van der Waals surface area (Å²) in [6, 6.07) is 25.9. The molecule has 0 radical (unpaired) electrons. The zero-order chi connectivity index (χ0) is 27.5. The molecule has 2 aliphatic rings. The van der Waals surface area contributed by atoms with Crippen LogP contribution in [0.4, 0.5) is 10.5 Å². The van der Waals surface area contributed by atoms with E-state index in [2.05, 4.69) is 45.9 Å². The minimum absolute atomic E-state index is 0.0110. The van der Waals surface area contributed by atoms with Crippen molar-refractivity contribution in [2.45, 2.75) is 31.8 Å². The van der Waals surface area contributed by atoms with Gasteiger partial charge in [0.05, 0.1) is 7.11 Å². The van der Waals surface area contributed by atoms with Gasteiger partial charge in [0.2, 0.25) is 5.91 Å². The van der Waals surface area contributed by atoms with E-state index < -0.39 is 0 Å².